The number of hydrogen-bond donors (Lipinski definition) is 0. The molecule has 6 heteroatoms. The molecule has 2 aliphatic rings. The Labute approximate surface area is 115 Å². The first kappa shape index (κ1) is 11.8. The quantitative estimate of drug-likeness (QED) is 0.788. The minimum Gasteiger partial charge on any atom is -0.485 e. The molecular formula is C13H12N4OS. The van der Waals surface area contributed by atoms with Gasteiger partial charge in [0.25, 0.3) is 0 Å². The van der Waals surface area contributed by atoms with Gasteiger partial charge in [-0.15, -0.1) is 0 Å². The summed E-state index contributed by atoms with van der Waals surface area (Å²) in [6, 6.07) is 4.14. The first-order valence-corrected chi connectivity index (χ1v) is 6.81. The molecule has 2 aliphatic heterocycles. The van der Waals surface area contributed by atoms with Crippen LogP contribution < -0.4 is 0 Å². The number of ether oxygens (including phenoxy) is 1. The number of amidine groups is 1. The minimum atomic E-state index is 0.283. The summed E-state index contributed by atoms with van der Waals surface area (Å²) in [4.78, 5) is 1.97. The van der Waals surface area contributed by atoms with E-state index in [2.05, 4.69) is 16.6 Å². The number of fused-ring (bicyclic) bond motifs is 1. The molecule has 1 aromatic rings. The Hall–Kier alpha value is -2.26. The summed E-state index contributed by atoms with van der Waals surface area (Å²) >= 11 is 1.65. The van der Waals surface area contributed by atoms with Crippen LogP contribution in [0.25, 0.3) is 0 Å². The lowest BCUT2D eigenvalue weighted by molar-refractivity contribution is 0.212. The van der Waals surface area contributed by atoms with Crippen LogP contribution in [0.15, 0.2) is 46.0 Å². The summed E-state index contributed by atoms with van der Waals surface area (Å²) in [6.07, 6.45) is 5.77. The van der Waals surface area contributed by atoms with Gasteiger partial charge in [0.1, 0.15) is 19.8 Å². The van der Waals surface area contributed by atoms with Crippen LogP contribution in [-0.2, 0) is 11.3 Å². The summed E-state index contributed by atoms with van der Waals surface area (Å²) in [5, 5.41) is 18.9. The number of allylic oxidation sites excluding steroid dienone is 2. The fourth-order valence-electron chi connectivity index (χ4n) is 1.90. The molecule has 0 unspecified atom stereocenters. The van der Waals surface area contributed by atoms with E-state index in [1.165, 1.54) is 0 Å². The zero-order valence-electron chi connectivity index (χ0n) is 10.2. The monoisotopic (exact) mass is 272 g/mol. The van der Waals surface area contributed by atoms with Crippen LogP contribution in [0.4, 0.5) is 0 Å². The van der Waals surface area contributed by atoms with Gasteiger partial charge in [0, 0.05) is 6.20 Å². The molecule has 3 heterocycles. The number of hydrazone groups is 1. The van der Waals surface area contributed by atoms with Gasteiger partial charge in [-0.05, 0) is 34.5 Å². The fourth-order valence-corrected chi connectivity index (χ4v) is 2.55. The van der Waals surface area contributed by atoms with Gasteiger partial charge in [-0.25, -0.2) is 0 Å². The van der Waals surface area contributed by atoms with Crippen LogP contribution in [0.1, 0.15) is 5.56 Å². The first-order chi connectivity index (χ1) is 9.36. The minimum absolute atomic E-state index is 0.283. The van der Waals surface area contributed by atoms with Crippen molar-refractivity contribution in [1.82, 2.24) is 9.91 Å². The number of nitriles is 1. The predicted molar refractivity (Wildman–Crippen MR) is 72.8 cm³/mol. The van der Waals surface area contributed by atoms with Gasteiger partial charge in [0.15, 0.2) is 11.6 Å². The van der Waals surface area contributed by atoms with Gasteiger partial charge in [0.05, 0.1) is 6.07 Å². The second kappa shape index (κ2) is 5.16. The van der Waals surface area contributed by atoms with E-state index in [1.54, 1.807) is 16.3 Å². The Balaban J connectivity index is 1.70. The zero-order chi connectivity index (χ0) is 13.1. The third kappa shape index (κ3) is 2.46. The van der Waals surface area contributed by atoms with E-state index in [1.807, 2.05) is 34.7 Å². The number of thiophene rings is 1. The van der Waals surface area contributed by atoms with E-state index in [9.17, 15) is 0 Å². The van der Waals surface area contributed by atoms with Crippen LogP contribution in [0.3, 0.4) is 0 Å². The molecule has 0 aromatic carbocycles. The van der Waals surface area contributed by atoms with Crippen molar-refractivity contribution >= 4 is 17.2 Å². The molecule has 0 amide bonds. The molecule has 3 rings (SSSR count). The van der Waals surface area contributed by atoms with E-state index >= 15 is 0 Å². The Morgan fingerprint density at radius 1 is 1.53 bits per heavy atom. The molecule has 0 atom stereocenters. The molecule has 0 N–H and O–H groups in total. The Morgan fingerprint density at radius 2 is 2.47 bits per heavy atom. The average Bonchev–Trinajstić information content (AvgIpc) is 3.05. The highest BCUT2D eigenvalue weighted by atomic mass is 32.1. The molecule has 0 saturated carbocycles. The van der Waals surface area contributed by atoms with Crippen molar-refractivity contribution in [2.24, 2.45) is 5.10 Å². The molecule has 0 aliphatic carbocycles. The van der Waals surface area contributed by atoms with E-state index in [-0.39, 0.29) is 6.54 Å². The summed E-state index contributed by atoms with van der Waals surface area (Å²) in [5.41, 5.74) is 1.15. The molecular weight excluding hydrogens is 260 g/mol. The summed E-state index contributed by atoms with van der Waals surface area (Å²) in [6.45, 7) is 1.42. The van der Waals surface area contributed by atoms with Crippen LogP contribution in [0.2, 0.25) is 0 Å². The smallest absolute Gasteiger partial charge is 0.196 e. The number of hydrogen-bond acceptors (Lipinski definition) is 6. The summed E-state index contributed by atoms with van der Waals surface area (Å²) in [5.74, 6) is 1.52. The summed E-state index contributed by atoms with van der Waals surface area (Å²) in [7, 11) is 0. The molecule has 1 aromatic heterocycles. The molecule has 19 heavy (non-hydrogen) atoms. The van der Waals surface area contributed by atoms with Gasteiger partial charge in [-0.1, -0.05) is 0 Å². The van der Waals surface area contributed by atoms with E-state index in [4.69, 9.17) is 10.00 Å². The van der Waals surface area contributed by atoms with Crippen LogP contribution >= 0.6 is 11.3 Å². The van der Waals surface area contributed by atoms with Crippen molar-refractivity contribution < 1.29 is 4.74 Å². The maximum absolute atomic E-state index is 8.71. The van der Waals surface area contributed by atoms with Gasteiger partial charge >= 0.3 is 0 Å². The van der Waals surface area contributed by atoms with Gasteiger partial charge < -0.3 is 9.64 Å². The Bertz CT molecular complexity index is 582. The second-order valence-corrected chi connectivity index (χ2v) is 4.93. The average molecular weight is 272 g/mol. The van der Waals surface area contributed by atoms with Gasteiger partial charge in [-0.2, -0.15) is 21.7 Å². The first-order valence-electron chi connectivity index (χ1n) is 5.87. The number of rotatable bonds is 4. The maximum atomic E-state index is 8.71. The van der Waals surface area contributed by atoms with E-state index in [0.29, 0.717) is 13.3 Å². The molecule has 0 saturated heterocycles. The highest BCUT2D eigenvalue weighted by molar-refractivity contribution is 7.07. The Kier molecular flexibility index (Phi) is 3.21. The molecule has 5 nitrogen and oxygen atoms in total. The van der Waals surface area contributed by atoms with Crippen LogP contribution in [0, 0.1) is 11.3 Å². The highest BCUT2D eigenvalue weighted by Crippen LogP contribution is 2.20. The third-order valence-corrected chi connectivity index (χ3v) is 3.52. The Morgan fingerprint density at radius 3 is 3.26 bits per heavy atom. The van der Waals surface area contributed by atoms with Crippen LogP contribution in [-0.4, -0.2) is 29.0 Å². The van der Waals surface area contributed by atoms with Crippen molar-refractivity contribution in [2.75, 3.05) is 13.2 Å². The van der Waals surface area contributed by atoms with Crippen LogP contribution in [0.5, 0.6) is 0 Å². The maximum Gasteiger partial charge on any atom is 0.196 e. The van der Waals surface area contributed by atoms with E-state index < -0.39 is 0 Å². The lowest BCUT2D eigenvalue weighted by atomic mass is 10.3. The fraction of sp³-hybridized carbons (Fsp3) is 0.231. The second-order valence-electron chi connectivity index (χ2n) is 4.15. The SMILES string of the molecule is N#CCN1CN2C=CC=C(OCc3ccsc3)C2=N1. The van der Waals surface area contributed by atoms with Crippen molar-refractivity contribution in [1.29, 1.82) is 5.26 Å². The normalized spacial score (nSPS) is 16.8. The van der Waals surface area contributed by atoms with Gasteiger partial charge in [-0.3, -0.25) is 5.01 Å². The lowest BCUT2D eigenvalue weighted by Crippen LogP contribution is -2.29. The predicted octanol–water partition coefficient (Wildman–Crippen LogP) is 2.09. The standard InChI is InChI=1S/C13H12N4OS/c14-4-6-17-10-16-5-1-2-12(13(16)15-17)18-8-11-3-7-19-9-11/h1-3,5,7,9H,6,8,10H2. The van der Waals surface area contributed by atoms with Gasteiger partial charge in [0.2, 0.25) is 0 Å². The van der Waals surface area contributed by atoms with Crippen molar-refractivity contribution in [3.63, 3.8) is 0 Å². The molecule has 0 spiro atoms. The van der Waals surface area contributed by atoms with Crippen molar-refractivity contribution in [2.45, 2.75) is 6.61 Å². The van der Waals surface area contributed by atoms with E-state index in [0.717, 1.165) is 17.2 Å². The topological polar surface area (TPSA) is 51.9 Å². The number of nitrogens with zero attached hydrogens (tertiary/aromatic N) is 4. The molecule has 96 valence electrons. The van der Waals surface area contributed by atoms with Crippen molar-refractivity contribution in [3.05, 3.63) is 46.5 Å². The van der Waals surface area contributed by atoms with Crippen molar-refractivity contribution in [3.8, 4) is 6.07 Å². The highest BCUT2D eigenvalue weighted by Gasteiger charge is 2.26. The molecule has 0 radical (unpaired) electrons. The third-order valence-electron chi connectivity index (χ3n) is 2.79. The lowest BCUT2D eigenvalue weighted by Gasteiger charge is -2.20. The molecule has 0 fully saturated rings. The zero-order valence-corrected chi connectivity index (χ0v) is 11.0. The molecule has 0 bridgehead atoms. The largest absolute Gasteiger partial charge is 0.485 e. The summed E-state index contributed by atoms with van der Waals surface area (Å²) < 4.78 is 5.80.